The maximum atomic E-state index is 11.0. The van der Waals surface area contributed by atoms with E-state index in [-0.39, 0.29) is 17.4 Å². The number of carbonyl (C=O) groups is 1. The lowest BCUT2D eigenvalue weighted by Gasteiger charge is -2.08. The van der Waals surface area contributed by atoms with Crippen molar-refractivity contribution in [2.75, 3.05) is 6.54 Å². The van der Waals surface area contributed by atoms with Gasteiger partial charge in [0.15, 0.2) is 0 Å². The molecule has 0 saturated carbocycles. The van der Waals surface area contributed by atoms with E-state index in [1.165, 1.54) is 6.07 Å². The lowest BCUT2D eigenvalue weighted by atomic mass is 10.0. The molecule has 1 amide bonds. The molecule has 2 N–H and O–H groups in total. The van der Waals surface area contributed by atoms with Crippen LogP contribution in [0.5, 0.6) is 0 Å². The van der Waals surface area contributed by atoms with Crippen LogP contribution in [-0.4, -0.2) is 17.4 Å². The van der Waals surface area contributed by atoms with Gasteiger partial charge in [0.1, 0.15) is 5.15 Å². The van der Waals surface area contributed by atoms with Gasteiger partial charge in [-0.2, -0.15) is 0 Å². The van der Waals surface area contributed by atoms with Crippen molar-refractivity contribution in [2.45, 2.75) is 12.3 Å². The number of H-pyrrole nitrogens is 1. The highest BCUT2D eigenvalue weighted by Gasteiger charge is 2.24. The van der Waals surface area contributed by atoms with Crippen LogP contribution >= 0.6 is 11.6 Å². The van der Waals surface area contributed by atoms with Gasteiger partial charge >= 0.3 is 0 Å². The number of rotatable bonds is 1. The highest BCUT2D eigenvalue weighted by atomic mass is 35.5. The summed E-state index contributed by atoms with van der Waals surface area (Å²) in [5, 5.41) is 3.05. The molecule has 1 aliphatic rings. The van der Waals surface area contributed by atoms with Crippen LogP contribution < -0.4 is 10.9 Å². The number of hydrogen-bond donors (Lipinski definition) is 2. The molecule has 1 aromatic heterocycles. The molecule has 1 saturated heterocycles. The minimum absolute atomic E-state index is 0.0252. The number of aromatic amines is 1. The van der Waals surface area contributed by atoms with E-state index in [9.17, 15) is 9.59 Å². The molecule has 5 heteroatoms. The SMILES string of the molecule is O=C1CC(c2ccc(=O)[nH]c2Cl)CN1. The van der Waals surface area contributed by atoms with E-state index in [0.29, 0.717) is 18.1 Å². The lowest BCUT2D eigenvalue weighted by Crippen LogP contribution is -2.14. The van der Waals surface area contributed by atoms with Crippen LogP contribution in [0.15, 0.2) is 16.9 Å². The van der Waals surface area contributed by atoms with Crippen LogP contribution in [0.25, 0.3) is 0 Å². The third kappa shape index (κ3) is 1.65. The monoisotopic (exact) mass is 212 g/mol. The van der Waals surface area contributed by atoms with Crippen LogP contribution in [0.2, 0.25) is 5.15 Å². The van der Waals surface area contributed by atoms with Gasteiger partial charge in [0.2, 0.25) is 11.5 Å². The number of halogens is 1. The Balaban J connectivity index is 2.32. The van der Waals surface area contributed by atoms with Crippen molar-refractivity contribution < 1.29 is 4.79 Å². The molecule has 1 atom stereocenters. The molecule has 0 radical (unpaired) electrons. The quantitative estimate of drug-likeness (QED) is 0.671. The van der Waals surface area contributed by atoms with Crippen LogP contribution in [0.4, 0.5) is 0 Å². The topological polar surface area (TPSA) is 62.0 Å². The summed E-state index contributed by atoms with van der Waals surface area (Å²) >= 11 is 5.86. The summed E-state index contributed by atoms with van der Waals surface area (Å²) in [4.78, 5) is 24.4. The average molecular weight is 213 g/mol. The van der Waals surface area contributed by atoms with Crippen molar-refractivity contribution in [3.05, 3.63) is 33.2 Å². The van der Waals surface area contributed by atoms with Crippen LogP contribution in [0.1, 0.15) is 17.9 Å². The molecule has 0 aliphatic carbocycles. The van der Waals surface area contributed by atoms with Crippen molar-refractivity contribution in [3.63, 3.8) is 0 Å². The van der Waals surface area contributed by atoms with Crippen LogP contribution in [0, 0.1) is 0 Å². The summed E-state index contributed by atoms with van der Waals surface area (Å²) in [5.41, 5.74) is 0.598. The van der Waals surface area contributed by atoms with Gasteiger partial charge < -0.3 is 10.3 Å². The third-order valence-electron chi connectivity index (χ3n) is 2.32. The van der Waals surface area contributed by atoms with Gasteiger partial charge in [0, 0.05) is 24.9 Å². The first kappa shape index (κ1) is 9.27. The predicted molar refractivity (Wildman–Crippen MR) is 52.4 cm³/mol. The molecule has 14 heavy (non-hydrogen) atoms. The van der Waals surface area contributed by atoms with Crippen molar-refractivity contribution >= 4 is 17.5 Å². The average Bonchev–Trinajstić information content (AvgIpc) is 2.51. The van der Waals surface area contributed by atoms with Gasteiger partial charge in [-0.1, -0.05) is 17.7 Å². The van der Waals surface area contributed by atoms with Gasteiger partial charge in [-0.25, -0.2) is 0 Å². The molecule has 4 nitrogen and oxygen atoms in total. The second kappa shape index (κ2) is 3.46. The van der Waals surface area contributed by atoms with Gasteiger partial charge in [-0.05, 0) is 5.56 Å². The highest BCUT2D eigenvalue weighted by molar-refractivity contribution is 6.30. The molecule has 2 rings (SSSR count). The molecule has 0 aromatic carbocycles. The third-order valence-corrected chi connectivity index (χ3v) is 2.63. The maximum absolute atomic E-state index is 11.0. The normalized spacial score (nSPS) is 20.9. The van der Waals surface area contributed by atoms with Gasteiger partial charge in [0.25, 0.3) is 0 Å². The van der Waals surface area contributed by atoms with E-state index in [0.717, 1.165) is 5.56 Å². The van der Waals surface area contributed by atoms with Crippen molar-refractivity contribution in [1.82, 2.24) is 10.3 Å². The van der Waals surface area contributed by atoms with Gasteiger partial charge in [-0.15, -0.1) is 0 Å². The molecule has 1 aliphatic heterocycles. The lowest BCUT2D eigenvalue weighted by molar-refractivity contribution is -0.119. The molecule has 0 bridgehead atoms. The fourth-order valence-electron chi connectivity index (χ4n) is 1.60. The summed E-state index contributed by atoms with van der Waals surface area (Å²) < 4.78 is 0. The Hall–Kier alpha value is -1.29. The molecular weight excluding hydrogens is 204 g/mol. The highest BCUT2D eigenvalue weighted by Crippen LogP contribution is 2.26. The van der Waals surface area contributed by atoms with Gasteiger partial charge in [0.05, 0.1) is 0 Å². The van der Waals surface area contributed by atoms with Crippen molar-refractivity contribution in [2.24, 2.45) is 0 Å². The summed E-state index contributed by atoms with van der Waals surface area (Å²) in [6.07, 6.45) is 0.436. The Labute approximate surface area is 85.3 Å². The summed E-state index contributed by atoms with van der Waals surface area (Å²) in [6.45, 7) is 0.588. The number of aromatic nitrogens is 1. The first-order valence-electron chi connectivity index (χ1n) is 4.32. The zero-order chi connectivity index (χ0) is 10.1. The largest absolute Gasteiger partial charge is 0.355 e. The van der Waals surface area contributed by atoms with E-state index in [2.05, 4.69) is 10.3 Å². The number of carbonyl (C=O) groups excluding carboxylic acids is 1. The van der Waals surface area contributed by atoms with E-state index in [1.54, 1.807) is 6.07 Å². The first-order valence-corrected chi connectivity index (χ1v) is 4.70. The zero-order valence-electron chi connectivity index (χ0n) is 7.34. The van der Waals surface area contributed by atoms with Crippen LogP contribution in [0.3, 0.4) is 0 Å². The van der Waals surface area contributed by atoms with Crippen molar-refractivity contribution in [3.8, 4) is 0 Å². The second-order valence-electron chi connectivity index (χ2n) is 3.30. The zero-order valence-corrected chi connectivity index (χ0v) is 8.10. The number of pyridine rings is 1. The fraction of sp³-hybridized carbons (Fsp3) is 0.333. The number of hydrogen-bond acceptors (Lipinski definition) is 2. The Morgan fingerprint density at radius 3 is 2.71 bits per heavy atom. The standard InChI is InChI=1S/C9H9ClN2O2/c10-9-6(1-2-7(13)12-9)5-3-8(14)11-4-5/h1-2,5H,3-4H2,(H,11,14)(H,12,13). The Morgan fingerprint density at radius 2 is 2.14 bits per heavy atom. The van der Waals surface area contributed by atoms with E-state index >= 15 is 0 Å². The molecule has 74 valence electrons. The van der Waals surface area contributed by atoms with Gasteiger partial charge in [-0.3, -0.25) is 9.59 Å². The first-order chi connectivity index (χ1) is 6.66. The Kier molecular flexibility index (Phi) is 2.29. The second-order valence-corrected chi connectivity index (χ2v) is 3.67. The number of amides is 1. The summed E-state index contributed by atoms with van der Waals surface area (Å²) in [5.74, 6) is 0.101. The van der Waals surface area contributed by atoms with E-state index < -0.39 is 0 Å². The summed E-state index contributed by atoms with van der Waals surface area (Å²) in [7, 11) is 0. The van der Waals surface area contributed by atoms with E-state index in [1.807, 2.05) is 0 Å². The molecule has 1 aromatic rings. The molecule has 1 unspecified atom stereocenters. The molecular formula is C9H9ClN2O2. The van der Waals surface area contributed by atoms with E-state index in [4.69, 9.17) is 11.6 Å². The Bertz CT molecular complexity index is 427. The minimum Gasteiger partial charge on any atom is -0.355 e. The molecule has 1 fully saturated rings. The fourth-order valence-corrected chi connectivity index (χ4v) is 1.91. The molecule has 0 spiro atoms. The summed E-state index contributed by atoms with van der Waals surface area (Å²) in [6, 6.07) is 3.09. The van der Waals surface area contributed by atoms with Crippen LogP contribution in [-0.2, 0) is 4.79 Å². The smallest absolute Gasteiger partial charge is 0.249 e. The number of nitrogens with one attached hydrogen (secondary N) is 2. The maximum Gasteiger partial charge on any atom is 0.249 e. The molecule has 2 heterocycles. The predicted octanol–water partition coefficient (Wildman–Crippen LogP) is 0.632. The Morgan fingerprint density at radius 1 is 1.36 bits per heavy atom. The minimum atomic E-state index is -0.226. The van der Waals surface area contributed by atoms with Crippen molar-refractivity contribution in [1.29, 1.82) is 0 Å².